The predicted octanol–water partition coefficient (Wildman–Crippen LogP) is 17.6. The smallest absolute Gasteiger partial charge is 0.130 e. The van der Waals surface area contributed by atoms with Gasteiger partial charge in [0.25, 0.3) is 0 Å². The number of nitrogens with zero attached hydrogens (tertiary/aromatic N) is 2. The van der Waals surface area contributed by atoms with Gasteiger partial charge in [-0.05, 0) is 114 Å². The number of anilines is 1. The van der Waals surface area contributed by atoms with E-state index in [4.69, 9.17) is 4.74 Å². The van der Waals surface area contributed by atoms with E-state index in [2.05, 4.69) is 228 Å². The third-order valence-electron chi connectivity index (χ3n) is 15.8. The lowest BCUT2D eigenvalue weighted by atomic mass is 9.82. The summed E-state index contributed by atoms with van der Waals surface area (Å²) in [5.41, 5.74) is 17.0. The van der Waals surface area contributed by atoms with Gasteiger partial charge in [-0.15, -0.1) is 23.1 Å². The second-order valence-corrected chi connectivity index (χ2v) is 21.8. The molecular weight excluding hydrogens is 901 g/mol. The van der Waals surface area contributed by atoms with Crippen molar-refractivity contribution in [2.45, 2.75) is 47.8 Å². The van der Waals surface area contributed by atoms with E-state index in [0.29, 0.717) is 11.2 Å². The van der Waals surface area contributed by atoms with Crippen molar-refractivity contribution in [2.24, 2.45) is 5.92 Å². The average molecular weight is 949 g/mol. The fourth-order valence-corrected chi connectivity index (χ4v) is 15.4. The first kappa shape index (κ1) is 41.2. The highest BCUT2D eigenvalue weighted by Crippen LogP contribution is 2.53. The normalized spacial score (nSPS) is 20.9. The minimum absolute atomic E-state index is 0.182. The summed E-state index contributed by atoms with van der Waals surface area (Å²) >= 11 is 3.99. The molecule has 0 bridgehead atoms. The number of benzene rings is 7. The Labute approximate surface area is 422 Å². The molecule has 7 aromatic carbocycles. The predicted molar refractivity (Wildman–Crippen MR) is 301 cm³/mol. The first-order valence-electron chi connectivity index (χ1n) is 25.1. The molecule has 5 heteroatoms. The molecule has 0 amide bonds. The zero-order valence-electron chi connectivity index (χ0n) is 39.0. The van der Waals surface area contributed by atoms with Crippen LogP contribution >= 0.6 is 23.1 Å². The highest BCUT2D eigenvalue weighted by Gasteiger charge is 2.37. The molecule has 340 valence electrons. The topological polar surface area (TPSA) is 17.4 Å². The quantitative estimate of drug-likeness (QED) is 0.158. The van der Waals surface area contributed by atoms with Crippen LogP contribution in [0.15, 0.2) is 240 Å². The van der Waals surface area contributed by atoms with E-state index in [1.807, 2.05) is 23.1 Å². The molecule has 0 saturated heterocycles. The molecule has 15 rings (SSSR count). The number of rotatable bonds is 7. The molecular formula is C66H48N2OS2. The average Bonchev–Trinajstić information content (AvgIpc) is 4.21. The lowest BCUT2D eigenvalue weighted by molar-refractivity contribution is 0.429. The summed E-state index contributed by atoms with van der Waals surface area (Å²) in [7, 11) is 0. The fourth-order valence-electron chi connectivity index (χ4n) is 12.5. The number of hydrogen-bond donors (Lipinski definition) is 0. The molecule has 4 unspecified atom stereocenters. The number of fused-ring (bicyclic) bond motifs is 13. The first-order valence-corrected chi connectivity index (χ1v) is 26.8. The Balaban J connectivity index is 0.793. The molecule has 0 radical (unpaired) electrons. The summed E-state index contributed by atoms with van der Waals surface area (Å²) in [5, 5.41) is 5.72. The van der Waals surface area contributed by atoms with Crippen molar-refractivity contribution in [1.82, 2.24) is 4.57 Å². The third-order valence-corrected chi connectivity index (χ3v) is 18.5. The molecule has 6 aliphatic rings. The third kappa shape index (κ3) is 6.56. The lowest BCUT2D eigenvalue weighted by Gasteiger charge is -2.37. The summed E-state index contributed by atoms with van der Waals surface area (Å²) < 4.78 is 11.7. The van der Waals surface area contributed by atoms with E-state index in [9.17, 15) is 0 Å². The maximum Gasteiger partial charge on any atom is 0.130 e. The van der Waals surface area contributed by atoms with Gasteiger partial charge >= 0.3 is 0 Å². The summed E-state index contributed by atoms with van der Waals surface area (Å²) in [4.78, 5) is 4.02. The van der Waals surface area contributed by atoms with Crippen molar-refractivity contribution >= 4 is 87.5 Å². The molecule has 0 spiro atoms. The molecule has 4 heterocycles. The van der Waals surface area contributed by atoms with Crippen LogP contribution in [0.4, 0.5) is 5.69 Å². The SMILES string of the molecule is C1=CC(C2=CCC(N(C3=CC=C(c4cccc5c4sc4c5ccc5c4c4ccccc4n5-c4ccccc4)CC3)c3ccc(C4=C5Oc6ccccc6C5CC=C4)cc3)C=C2)C2Sc3ccccc3C2=C1. The van der Waals surface area contributed by atoms with E-state index >= 15 is 0 Å². The second kappa shape index (κ2) is 16.5. The van der Waals surface area contributed by atoms with E-state index in [-0.39, 0.29) is 12.0 Å². The molecule has 71 heavy (non-hydrogen) atoms. The van der Waals surface area contributed by atoms with Gasteiger partial charge in [0.05, 0.1) is 17.1 Å². The van der Waals surface area contributed by atoms with Crippen molar-refractivity contribution < 1.29 is 4.74 Å². The summed E-state index contributed by atoms with van der Waals surface area (Å²) in [6.07, 6.45) is 27.8. The number of allylic oxidation sites excluding steroid dienone is 13. The van der Waals surface area contributed by atoms with Gasteiger partial charge in [0.1, 0.15) is 11.5 Å². The molecule has 2 aromatic heterocycles. The van der Waals surface area contributed by atoms with Crippen molar-refractivity contribution in [3.05, 3.63) is 258 Å². The van der Waals surface area contributed by atoms with Crippen LogP contribution in [0.2, 0.25) is 0 Å². The molecule has 0 fully saturated rings. The van der Waals surface area contributed by atoms with Gasteiger partial charge in [0.15, 0.2) is 0 Å². The number of thiophene rings is 1. The van der Waals surface area contributed by atoms with Crippen LogP contribution in [0.1, 0.15) is 53.9 Å². The number of para-hydroxylation sites is 3. The van der Waals surface area contributed by atoms with Crippen LogP contribution in [-0.4, -0.2) is 15.9 Å². The number of ether oxygens (including phenoxy) is 1. The minimum atomic E-state index is 0.182. The summed E-state index contributed by atoms with van der Waals surface area (Å²) in [5.74, 6) is 2.68. The Morgan fingerprint density at radius 1 is 0.620 bits per heavy atom. The van der Waals surface area contributed by atoms with Gasteiger partial charge in [0, 0.05) is 81.1 Å². The maximum atomic E-state index is 6.57. The maximum absolute atomic E-state index is 6.57. The van der Waals surface area contributed by atoms with E-state index in [1.54, 1.807) is 0 Å². The van der Waals surface area contributed by atoms with Crippen LogP contribution in [0, 0.1) is 5.92 Å². The van der Waals surface area contributed by atoms with Gasteiger partial charge in [0.2, 0.25) is 0 Å². The molecule has 0 N–H and O–H groups in total. The highest BCUT2D eigenvalue weighted by molar-refractivity contribution is 8.01. The standard InChI is InChI=1S/C66H48N2OS2/c1-2-13-44(14-3-1)68-58-24-7-4-17-57(58)62-59(68)40-39-56-55-23-12-20-50(65(55)71-66(56)62)43-31-37-47(38-32-43)67(45-33-27-41(28-34-45)48-18-10-21-53-51-15-5-8-25-60(51)69-63(48)53)46-35-29-42(30-36-46)49-19-11-22-54-52-16-6-9-26-61(52)70-64(49)54/h1-20,22-31,33-35,37,39-40,46,49,53,64H,21,32,36,38H2. The van der Waals surface area contributed by atoms with E-state index in [0.717, 1.165) is 37.2 Å². The minimum Gasteiger partial charge on any atom is -0.460 e. The van der Waals surface area contributed by atoms with Gasteiger partial charge in [-0.25, -0.2) is 0 Å². The van der Waals surface area contributed by atoms with Gasteiger partial charge < -0.3 is 14.2 Å². The van der Waals surface area contributed by atoms with Crippen LogP contribution in [0.3, 0.4) is 0 Å². The van der Waals surface area contributed by atoms with Crippen molar-refractivity contribution in [1.29, 1.82) is 0 Å². The molecule has 4 aliphatic carbocycles. The Kier molecular flexibility index (Phi) is 9.59. The van der Waals surface area contributed by atoms with E-state index < -0.39 is 0 Å². The van der Waals surface area contributed by atoms with Crippen LogP contribution < -0.4 is 9.64 Å². The van der Waals surface area contributed by atoms with Crippen LogP contribution in [0.25, 0.3) is 64.4 Å². The summed E-state index contributed by atoms with van der Waals surface area (Å²) in [6, 6.07) is 58.3. The number of thioether (sulfide) groups is 1. The Bertz CT molecular complexity index is 3960. The van der Waals surface area contributed by atoms with Crippen molar-refractivity contribution in [3.63, 3.8) is 0 Å². The monoisotopic (exact) mass is 948 g/mol. The Morgan fingerprint density at radius 2 is 1.44 bits per heavy atom. The van der Waals surface area contributed by atoms with E-state index in [1.165, 1.54) is 108 Å². The van der Waals surface area contributed by atoms with Crippen molar-refractivity contribution in [2.75, 3.05) is 4.90 Å². The zero-order valence-corrected chi connectivity index (χ0v) is 40.7. The van der Waals surface area contributed by atoms with Gasteiger partial charge in [-0.2, -0.15) is 0 Å². The number of hydrogen-bond acceptors (Lipinski definition) is 4. The lowest BCUT2D eigenvalue weighted by Crippen LogP contribution is -2.35. The first-order chi connectivity index (χ1) is 35.2. The Morgan fingerprint density at radius 3 is 2.32 bits per heavy atom. The molecule has 3 nitrogen and oxygen atoms in total. The van der Waals surface area contributed by atoms with Crippen LogP contribution in [-0.2, 0) is 0 Å². The van der Waals surface area contributed by atoms with Gasteiger partial charge in [-0.3, -0.25) is 0 Å². The molecule has 4 atom stereocenters. The largest absolute Gasteiger partial charge is 0.460 e. The molecule has 2 aliphatic heterocycles. The highest BCUT2D eigenvalue weighted by atomic mass is 32.2. The number of aromatic nitrogens is 1. The van der Waals surface area contributed by atoms with Gasteiger partial charge in [-0.1, -0.05) is 164 Å². The molecule has 0 saturated carbocycles. The molecule has 9 aromatic rings. The second-order valence-electron chi connectivity index (χ2n) is 19.6. The Hall–Kier alpha value is -7.57. The van der Waals surface area contributed by atoms with Crippen LogP contribution in [0.5, 0.6) is 5.75 Å². The summed E-state index contributed by atoms with van der Waals surface area (Å²) in [6.45, 7) is 0. The fraction of sp³-hybridized carbons (Fsp3) is 0.121. The zero-order chi connectivity index (χ0) is 46.6. The van der Waals surface area contributed by atoms with Crippen molar-refractivity contribution in [3.8, 4) is 11.4 Å².